The van der Waals surface area contributed by atoms with Crippen molar-refractivity contribution < 1.29 is 15.0 Å². The summed E-state index contributed by atoms with van der Waals surface area (Å²) < 4.78 is 0. The molecule has 0 heterocycles. The van der Waals surface area contributed by atoms with E-state index in [1.165, 1.54) is 0 Å². The molecule has 0 aromatic heterocycles. The van der Waals surface area contributed by atoms with Gasteiger partial charge in [-0.25, -0.2) is 0 Å². The van der Waals surface area contributed by atoms with E-state index in [-0.39, 0.29) is 24.6 Å². The Bertz CT molecular complexity index is 860. The summed E-state index contributed by atoms with van der Waals surface area (Å²) >= 11 is 0. The minimum atomic E-state index is -0.761. The van der Waals surface area contributed by atoms with E-state index in [1.54, 1.807) is 24.3 Å². The number of amides is 1. The number of carbonyl (C=O) groups excluding carboxylic acids is 1. The first-order chi connectivity index (χ1) is 11.6. The molecule has 0 saturated carbocycles. The van der Waals surface area contributed by atoms with Gasteiger partial charge in [0.25, 0.3) is 0 Å². The summed E-state index contributed by atoms with van der Waals surface area (Å²) in [5, 5.41) is 24.6. The summed E-state index contributed by atoms with van der Waals surface area (Å²) in [4.78, 5) is 12.0. The lowest BCUT2D eigenvalue weighted by Gasteiger charge is -2.13. The van der Waals surface area contributed by atoms with Gasteiger partial charge in [0.1, 0.15) is 5.75 Å². The molecule has 0 aliphatic heterocycles. The molecule has 0 fully saturated rings. The minimum Gasteiger partial charge on any atom is -0.508 e. The number of aromatic hydroxyl groups is 1. The van der Waals surface area contributed by atoms with Crippen molar-refractivity contribution in [2.75, 3.05) is 6.54 Å². The average Bonchev–Trinajstić information content (AvgIpc) is 2.59. The number of nitrogens with one attached hydrogen (secondary N) is 1. The van der Waals surface area contributed by atoms with Crippen molar-refractivity contribution in [3.63, 3.8) is 0 Å². The largest absolute Gasteiger partial charge is 0.508 e. The second-order valence-corrected chi connectivity index (χ2v) is 5.77. The van der Waals surface area contributed by atoms with Crippen LogP contribution in [0.5, 0.6) is 5.75 Å². The molecular weight excluding hydrogens is 302 g/mol. The van der Waals surface area contributed by atoms with Crippen LogP contribution in [-0.2, 0) is 11.2 Å². The summed E-state index contributed by atoms with van der Waals surface area (Å²) in [6.07, 6.45) is -0.596. The molecule has 122 valence electrons. The van der Waals surface area contributed by atoms with Gasteiger partial charge in [-0.1, -0.05) is 48.5 Å². The van der Waals surface area contributed by atoms with Crippen molar-refractivity contribution in [3.8, 4) is 5.75 Å². The molecule has 0 bridgehead atoms. The van der Waals surface area contributed by atoms with Crippen LogP contribution in [-0.4, -0.2) is 22.7 Å². The number of rotatable bonds is 5. The first-order valence-corrected chi connectivity index (χ1v) is 7.83. The van der Waals surface area contributed by atoms with Gasteiger partial charge < -0.3 is 15.5 Å². The van der Waals surface area contributed by atoms with E-state index < -0.39 is 6.10 Å². The molecule has 24 heavy (non-hydrogen) atoms. The highest BCUT2D eigenvalue weighted by Gasteiger charge is 2.11. The summed E-state index contributed by atoms with van der Waals surface area (Å²) in [6.45, 7) is 0.149. The number of phenolic OH excluding ortho intramolecular Hbond substituents is 1. The summed E-state index contributed by atoms with van der Waals surface area (Å²) in [7, 11) is 0. The molecule has 0 aliphatic carbocycles. The summed E-state index contributed by atoms with van der Waals surface area (Å²) in [6, 6.07) is 20.3. The van der Waals surface area contributed by atoms with E-state index >= 15 is 0 Å². The Balaban J connectivity index is 1.59. The van der Waals surface area contributed by atoms with E-state index in [0.29, 0.717) is 0 Å². The van der Waals surface area contributed by atoms with Gasteiger partial charge in [0.05, 0.1) is 12.5 Å². The molecule has 3 aromatic rings. The zero-order valence-electron chi connectivity index (χ0n) is 13.1. The Morgan fingerprint density at radius 2 is 1.75 bits per heavy atom. The highest BCUT2D eigenvalue weighted by Crippen LogP contribution is 2.20. The number of hydrogen-bond donors (Lipinski definition) is 3. The molecular formula is C20H19NO3. The lowest BCUT2D eigenvalue weighted by Crippen LogP contribution is -2.29. The standard InChI is InChI=1S/C20H19NO3/c22-18-7-3-4-14(10-18)11-20(24)21-13-19(23)17-9-8-15-5-1-2-6-16(15)12-17/h1-10,12,19,22-23H,11,13H2,(H,21,24). The molecule has 4 heteroatoms. The minimum absolute atomic E-state index is 0.136. The van der Waals surface area contributed by atoms with Crippen LogP contribution >= 0.6 is 0 Å². The third kappa shape index (κ3) is 3.91. The Kier molecular flexibility index (Phi) is 4.77. The van der Waals surface area contributed by atoms with Crippen LogP contribution in [0.3, 0.4) is 0 Å². The van der Waals surface area contributed by atoms with E-state index in [9.17, 15) is 15.0 Å². The molecule has 1 unspecified atom stereocenters. The normalized spacial score (nSPS) is 12.0. The maximum absolute atomic E-state index is 12.0. The average molecular weight is 321 g/mol. The smallest absolute Gasteiger partial charge is 0.224 e. The molecule has 3 aromatic carbocycles. The van der Waals surface area contributed by atoms with Gasteiger partial charge in [-0.15, -0.1) is 0 Å². The third-order valence-corrected chi connectivity index (χ3v) is 3.93. The van der Waals surface area contributed by atoms with Crippen molar-refractivity contribution in [3.05, 3.63) is 77.9 Å². The van der Waals surface area contributed by atoms with Crippen molar-refractivity contribution in [1.82, 2.24) is 5.32 Å². The number of aliphatic hydroxyl groups is 1. The van der Waals surface area contributed by atoms with Crippen LogP contribution in [0, 0.1) is 0 Å². The van der Waals surface area contributed by atoms with Crippen molar-refractivity contribution in [2.45, 2.75) is 12.5 Å². The first-order valence-electron chi connectivity index (χ1n) is 7.83. The van der Waals surface area contributed by atoms with Gasteiger partial charge in [0.15, 0.2) is 0 Å². The number of fused-ring (bicyclic) bond motifs is 1. The molecule has 3 N–H and O–H groups in total. The summed E-state index contributed by atoms with van der Waals surface area (Å²) in [5.74, 6) is -0.0584. The Morgan fingerprint density at radius 1 is 0.958 bits per heavy atom. The Hall–Kier alpha value is -2.85. The first kappa shape index (κ1) is 16.0. The van der Waals surface area contributed by atoms with Crippen molar-refractivity contribution in [2.24, 2.45) is 0 Å². The Morgan fingerprint density at radius 3 is 2.54 bits per heavy atom. The SMILES string of the molecule is O=C(Cc1cccc(O)c1)NCC(O)c1ccc2ccccc2c1. The molecule has 0 radical (unpaired) electrons. The molecule has 1 amide bonds. The van der Waals surface area contributed by atoms with Crippen LogP contribution in [0.1, 0.15) is 17.2 Å². The van der Waals surface area contributed by atoms with E-state index in [0.717, 1.165) is 21.9 Å². The van der Waals surface area contributed by atoms with Gasteiger partial charge in [-0.3, -0.25) is 4.79 Å². The fourth-order valence-electron chi connectivity index (χ4n) is 2.66. The second-order valence-electron chi connectivity index (χ2n) is 5.77. The highest BCUT2D eigenvalue weighted by atomic mass is 16.3. The summed E-state index contributed by atoms with van der Waals surface area (Å²) in [5.41, 5.74) is 1.50. The Labute approximate surface area is 140 Å². The third-order valence-electron chi connectivity index (χ3n) is 3.93. The number of hydrogen-bond acceptors (Lipinski definition) is 3. The molecule has 3 rings (SSSR count). The van der Waals surface area contributed by atoms with E-state index in [2.05, 4.69) is 5.32 Å². The fraction of sp³-hybridized carbons (Fsp3) is 0.150. The lowest BCUT2D eigenvalue weighted by molar-refractivity contribution is -0.120. The quantitative estimate of drug-likeness (QED) is 0.677. The number of benzene rings is 3. The van der Waals surface area contributed by atoms with Crippen LogP contribution in [0.15, 0.2) is 66.7 Å². The number of aliphatic hydroxyl groups excluding tert-OH is 1. The predicted octanol–water partition coefficient (Wildman–Crippen LogP) is 2.94. The van der Waals surface area contributed by atoms with Crippen LogP contribution in [0.25, 0.3) is 10.8 Å². The second kappa shape index (κ2) is 7.15. The molecule has 0 aliphatic rings. The molecule has 1 atom stereocenters. The van der Waals surface area contributed by atoms with E-state index in [4.69, 9.17) is 0 Å². The molecule has 4 nitrogen and oxygen atoms in total. The zero-order chi connectivity index (χ0) is 16.9. The maximum atomic E-state index is 12.0. The van der Waals surface area contributed by atoms with Gasteiger partial charge in [-0.2, -0.15) is 0 Å². The maximum Gasteiger partial charge on any atom is 0.224 e. The van der Waals surface area contributed by atoms with Crippen molar-refractivity contribution >= 4 is 16.7 Å². The highest BCUT2D eigenvalue weighted by molar-refractivity contribution is 5.83. The van der Waals surface area contributed by atoms with Crippen LogP contribution in [0.4, 0.5) is 0 Å². The molecule has 0 saturated heterocycles. The van der Waals surface area contributed by atoms with E-state index in [1.807, 2.05) is 42.5 Å². The van der Waals surface area contributed by atoms with Crippen LogP contribution < -0.4 is 5.32 Å². The van der Waals surface area contributed by atoms with Gasteiger partial charge in [0.2, 0.25) is 5.91 Å². The molecule has 0 spiro atoms. The van der Waals surface area contributed by atoms with Gasteiger partial charge in [-0.05, 0) is 40.1 Å². The van der Waals surface area contributed by atoms with Crippen LogP contribution in [0.2, 0.25) is 0 Å². The number of phenols is 1. The zero-order valence-corrected chi connectivity index (χ0v) is 13.1. The predicted molar refractivity (Wildman–Crippen MR) is 93.7 cm³/mol. The van der Waals surface area contributed by atoms with Gasteiger partial charge >= 0.3 is 0 Å². The monoisotopic (exact) mass is 321 g/mol. The van der Waals surface area contributed by atoms with Gasteiger partial charge in [0, 0.05) is 6.54 Å². The topological polar surface area (TPSA) is 69.6 Å². The fourth-order valence-corrected chi connectivity index (χ4v) is 2.66. The van der Waals surface area contributed by atoms with Crippen molar-refractivity contribution in [1.29, 1.82) is 0 Å². The number of carbonyl (C=O) groups is 1. The lowest BCUT2D eigenvalue weighted by atomic mass is 10.0.